The molecule has 1 aromatic carbocycles. The van der Waals surface area contributed by atoms with Crippen LogP contribution in [0.4, 0.5) is 0 Å². The van der Waals surface area contributed by atoms with Crippen LogP contribution in [0.15, 0.2) is 48.6 Å². The van der Waals surface area contributed by atoms with E-state index in [4.69, 9.17) is 0 Å². The molecule has 1 atom stereocenters. The van der Waals surface area contributed by atoms with Crippen molar-refractivity contribution < 1.29 is 19.8 Å². The Hall–Kier alpha value is -2.56. The minimum Gasteiger partial charge on any atom is -0.508 e. The second-order valence-corrected chi connectivity index (χ2v) is 8.31. The molecule has 178 valence electrons. The maximum atomic E-state index is 12.1. The SMILES string of the molecule is CCCCC/C=C/C/C=C/CCCCCCCC(=O)NC(Cc1ccc(O)cc1)C(=O)O. The van der Waals surface area contributed by atoms with Crippen LogP contribution in [0, 0.1) is 0 Å². The first-order chi connectivity index (χ1) is 15.5. The molecule has 5 nitrogen and oxygen atoms in total. The van der Waals surface area contributed by atoms with Gasteiger partial charge in [0.05, 0.1) is 0 Å². The molecule has 0 aliphatic rings. The predicted molar refractivity (Wildman–Crippen MR) is 131 cm³/mol. The van der Waals surface area contributed by atoms with Gasteiger partial charge in [0.15, 0.2) is 0 Å². The summed E-state index contributed by atoms with van der Waals surface area (Å²) in [7, 11) is 0. The summed E-state index contributed by atoms with van der Waals surface area (Å²) in [4.78, 5) is 23.6. The average molecular weight is 444 g/mol. The van der Waals surface area contributed by atoms with Crippen molar-refractivity contribution >= 4 is 11.9 Å². The minimum atomic E-state index is -1.05. The van der Waals surface area contributed by atoms with E-state index in [0.29, 0.717) is 6.42 Å². The standard InChI is InChI=1S/C27H41NO4/c1-2-3-4-5-6-7-8-9-10-11-12-13-14-15-16-17-26(30)28-25(27(31)32)22-23-18-20-24(29)21-19-23/h6-7,9-10,18-21,25,29H,2-5,8,11-17,22H2,1H3,(H,28,30)(H,31,32)/b7-6+,10-9+. The van der Waals surface area contributed by atoms with E-state index in [2.05, 4.69) is 36.5 Å². The lowest BCUT2D eigenvalue weighted by Gasteiger charge is -2.14. The Morgan fingerprint density at radius 2 is 1.47 bits per heavy atom. The number of nitrogens with one attached hydrogen (secondary N) is 1. The molecule has 0 heterocycles. The van der Waals surface area contributed by atoms with Gasteiger partial charge < -0.3 is 15.5 Å². The fraction of sp³-hybridized carbons (Fsp3) is 0.556. The molecule has 1 unspecified atom stereocenters. The number of aromatic hydroxyl groups is 1. The van der Waals surface area contributed by atoms with Crippen molar-refractivity contribution in [1.82, 2.24) is 5.32 Å². The molecule has 0 aromatic heterocycles. The molecule has 0 bridgehead atoms. The molecule has 32 heavy (non-hydrogen) atoms. The van der Waals surface area contributed by atoms with Crippen molar-refractivity contribution in [3.8, 4) is 5.75 Å². The molecule has 1 rings (SSSR count). The molecular weight excluding hydrogens is 402 g/mol. The van der Waals surface area contributed by atoms with Crippen molar-refractivity contribution in [2.24, 2.45) is 0 Å². The molecule has 5 heteroatoms. The zero-order chi connectivity index (χ0) is 23.4. The van der Waals surface area contributed by atoms with Gasteiger partial charge in [0.2, 0.25) is 5.91 Å². The Labute approximate surface area is 193 Å². The molecule has 3 N–H and O–H groups in total. The molecule has 0 saturated carbocycles. The lowest BCUT2D eigenvalue weighted by atomic mass is 10.0. The Balaban J connectivity index is 2.07. The van der Waals surface area contributed by atoms with Crippen LogP contribution in [-0.4, -0.2) is 28.1 Å². The number of carbonyl (C=O) groups excluding carboxylic acids is 1. The number of aliphatic carboxylic acids is 1. The first-order valence-electron chi connectivity index (χ1n) is 12.1. The van der Waals surface area contributed by atoms with Gasteiger partial charge in [-0.2, -0.15) is 0 Å². The van der Waals surface area contributed by atoms with Crippen LogP contribution in [0.5, 0.6) is 5.75 Å². The van der Waals surface area contributed by atoms with Crippen LogP contribution in [0.2, 0.25) is 0 Å². The number of rotatable bonds is 18. The molecule has 0 saturated heterocycles. The van der Waals surface area contributed by atoms with Crippen molar-refractivity contribution in [2.75, 3.05) is 0 Å². The number of phenolic OH excluding ortho intramolecular Hbond substituents is 1. The highest BCUT2D eigenvalue weighted by Crippen LogP contribution is 2.12. The van der Waals surface area contributed by atoms with Crippen molar-refractivity contribution in [1.29, 1.82) is 0 Å². The molecule has 0 fully saturated rings. The predicted octanol–water partition coefficient (Wildman–Crippen LogP) is 6.32. The number of hydrogen-bond donors (Lipinski definition) is 3. The molecular formula is C27H41NO4. The minimum absolute atomic E-state index is 0.131. The summed E-state index contributed by atoms with van der Waals surface area (Å²) in [5, 5.41) is 21.3. The maximum Gasteiger partial charge on any atom is 0.326 e. The molecule has 0 aliphatic heterocycles. The summed E-state index contributed by atoms with van der Waals surface area (Å²) in [6.07, 6.45) is 21.9. The third kappa shape index (κ3) is 14.4. The lowest BCUT2D eigenvalue weighted by molar-refractivity contribution is -0.141. The highest BCUT2D eigenvalue weighted by atomic mass is 16.4. The van der Waals surface area contributed by atoms with Crippen molar-refractivity contribution in [3.05, 3.63) is 54.1 Å². The van der Waals surface area contributed by atoms with E-state index in [0.717, 1.165) is 50.5 Å². The van der Waals surface area contributed by atoms with Crippen LogP contribution in [-0.2, 0) is 16.0 Å². The van der Waals surface area contributed by atoms with Gasteiger partial charge in [-0.3, -0.25) is 4.79 Å². The van der Waals surface area contributed by atoms with E-state index in [9.17, 15) is 19.8 Å². The number of carbonyl (C=O) groups is 2. The van der Waals surface area contributed by atoms with Crippen LogP contribution in [0.1, 0.15) is 89.5 Å². The fourth-order valence-electron chi connectivity index (χ4n) is 3.43. The summed E-state index contributed by atoms with van der Waals surface area (Å²) < 4.78 is 0. The summed E-state index contributed by atoms with van der Waals surface area (Å²) in [6.45, 7) is 2.22. The lowest BCUT2D eigenvalue weighted by Crippen LogP contribution is -2.42. The number of carboxylic acids is 1. The quantitative estimate of drug-likeness (QED) is 0.183. The molecule has 1 amide bonds. The fourth-order valence-corrected chi connectivity index (χ4v) is 3.43. The number of phenols is 1. The van der Waals surface area contributed by atoms with E-state index >= 15 is 0 Å². The number of carboxylic acid groups (broad SMARTS) is 1. The first-order valence-corrected chi connectivity index (χ1v) is 12.1. The van der Waals surface area contributed by atoms with Crippen LogP contribution in [0.25, 0.3) is 0 Å². The Morgan fingerprint density at radius 3 is 2.09 bits per heavy atom. The van der Waals surface area contributed by atoms with E-state index in [-0.39, 0.29) is 18.1 Å². The Kier molecular flexibility index (Phi) is 15.5. The summed E-state index contributed by atoms with van der Waals surface area (Å²) in [5.41, 5.74) is 0.757. The van der Waals surface area contributed by atoms with Gasteiger partial charge >= 0.3 is 5.97 Å². The highest BCUT2D eigenvalue weighted by Gasteiger charge is 2.20. The third-order valence-electron chi connectivity index (χ3n) is 5.36. The van der Waals surface area contributed by atoms with Crippen LogP contribution in [0.3, 0.4) is 0 Å². The largest absolute Gasteiger partial charge is 0.508 e. The number of unbranched alkanes of at least 4 members (excludes halogenated alkanes) is 8. The second kappa shape index (κ2) is 18.1. The summed E-state index contributed by atoms with van der Waals surface area (Å²) in [5.74, 6) is -1.14. The molecule has 0 aliphatic carbocycles. The number of benzene rings is 1. The monoisotopic (exact) mass is 443 g/mol. The van der Waals surface area contributed by atoms with Gasteiger partial charge in [-0.25, -0.2) is 4.79 Å². The van der Waals surface area contributed by atoms with Gasteiger partial charge in [0.25, 0.3) is 0 Å². The zero-order valence-electron chi connectivity index (χ0n) is 19.6. The maximum absolute atomic E-state index is 12.1. The van der Waals surface area contributed by atoms with Gasteiger partial charge in [0, 0.05) is 12.8 Å². The summed E-state index contributed by atoms with van der Waals surface area (Å²) in [6, 6.07) is 5.40. The summed E-state index contributed by atoms with van der Waals surface area (Å²) >= 11 is 0. The van der Waals surface area contributed by atoms with Gasteiger partial charge in [-0.15, -0.1) is 0 Å². The van der Waals surface area contributed by atoms with E-state index < -0.39 is 12.0 Å². The number of allylic oxidation sites excluding steroid dienone is 4. The topological polar surface area (TPSA) is 86.6 Å². The van der Waals surface area contributed by atoms with Crippen molar-refractivity contribution in [2.45, 2.75) is 96.4 Å². The molecule has 0 radical (unpaired) electrons. The second-order valence-electron chi connectivity index (χ2n) is 8.31. The normalized spacial score (nSPS) is 12.4. The van der Waals surface area contributed by atoms with E-state index in [1.54, 1.807) is 12.1 Å². The molecule has 1 aromatic rings. The van der Waals surface area contributed by atoms with E-state index in [1.165, 1.54) is 37.8 Å². The first kappa shape index (κ1) is 27.5. The Bertz CT molecular complexity index is 694. The smallest absolute Gasteiger partial charge is 0.326 e. The van der Waals surface area contributed by atoms with Gasteiger partial charge in [-0.05, 0) is 56.2 Å². The van der Waals surface area contributed by atoms with Crippen molar-refractivity contribution in [3.63, 3.8) is 0 Å². The van der Waals surface area contributed by atoms with Gasteiger partial charge in [0.1, 0.15) is 11.8 Å². The number of hydrogen-bond acceptors (Lipinski definition) is 3. The van der Waals surface area contributed by atoms with Crippen LogP contribution >= 0.6 is 0 Å². The number of amides is 1. The third-order valence-corrected chi connectivity index (χ3v) is 5.36. The van der Waals surface area contributed by atoms with Crippen LogP contribution < -0.4 is 5.32 Å². The van der Waals surface area contributed by atoms with Gasteiger partial charge in [-0.1, -0.05) is 75.5 Å². The molecule has 0 spiro atoms. The Morgan fingerprint density at radius 1 is 0.875 bits per heavy atom. The highest BCUT2D eigenvalue weighted by molar-refractivity contribution is 5.83. The zero-order valence-corrected chi connectivity index (χ0v) is 19.6. The van der Waals surface area contributed by atoms with E-state index in [1.807, 2.05) is 0 Å². The average Bonchev–Trinajstić information content (AvgIpc) is 2.77.